The van der Waals surface area contributed by atoms with Gasteiger partial charge in [0.25, 0.3) is 0 Å². The van der Waals surface area contributed by atoms with Crippen LogP contribution in [0, 0.1) is 0 Å². The molecule has 0 aliphatic heterocycles. The molecule has 4 rings (SSSR count). The number of nitrogens with zero attached hydrogens (tertiary/aromatic N) is 5. The first-order chi connectivity index (χ1) is 16.7. The third-order valence-corrected chi connectivity index (χ3v) is 6.05. The van der Waals surface area contributed by atoms with Crippen molar-refractivity contribution >= 4 is 41.0 Å². The van der Waals surface area contributed by atoms with Crippen LogP contribution in [0.2, 0.25) is 5.02 Å². The molecule has 35 heavy (non-hydrogen) atoms. The third-order valence-electron chi connectivity index (χ3n) is 5.80. The summed E-state index contributed by atoms with van der Waals surface area (Å²) in [6.07, 6.45) is 5.35. The number of anilines is 1. The summed E-state index contributed by atoms with van der Waals surface area (Å²) in [4.78, 5) is 17.4. The standard InChI is InChI=1S/C26H26ClN7O/c1-17(14-33(4)29-3)19-13-23-24(30-16-31-34(23)15-19)18-5-11-22(12-6-18)32-25(35)26(2,28)20-7-9-21(27)10-8-20/h5-16H,3,28H2,1-2,4H3,(H,32,35)/b17-14+. The van der Waals surface area contributed by atoms with Crippen molar-refractivity contribution in [2.45, 2.75) is 19.4 Å². The Hall–Kier alpha value is -4.01. The van der Waals surface area contributed by atoms with E-state index >= 15 is 0 Å². The van der Waals surface area contributed by atoms with Crippen molar-refractivity contribution < 1.29 is 4.79 Å². The minimum Gasteiger partial charge on any atom is -0.324 e. The van der Waals surface area contributed by atoms with E-state index < -0.39 is 5.54 Å². The van der Waals surface area contributed by atoms with E-state index in [1.54, 1.807) is 40.7 Å². The summed E-state index contributed by atoms with van der Waals surface area (Å²) in [5.41, 5.74) is 11.0. The Labute approximate surface area is 208 Å². The summed E-state index contributed by atoms with van der Waals surface area (Å²) in [5, 5.41) is 13.3. The Morgan fingerprint density at radius 3 is 2.57 bits per heavy atom. The van der Waals surface area contributed by atoms with Gasteiger partial charge in [-0.3, -0.25) is 9.80 Å². The van der Waals surface area contributed by atoms with Gasteiger partial charge in [0, 0.05) is 42.4 Å². The van der Waals surface area contributed by atoms with Gasteiger partial charge in [0.1, 0.15) is 11.9 Å². The van der Waals surface area contributed by atoms with E-state index in [2.05, 4.69) is 27.2 Å². The van der Waals surface area contributed by atoms with Gasteiger partial charge in [-0.05, 0) is 60.9 Å². The van der Waals surface area contributed by atoms with Gasteiger partial charge in [0.15, 0.2) is 0 Å². The quantitative estimate of drug-likeness (QED) is 0.289. The summed E-state index contributed by atoms with van der Waals surface area (Å²) in [7, 11) is 1.82. The Balaban J connectivity index is 1.57. The first-order valence-electron chi connectivity index (χ1n) is 10.9. The summed E-state index contributed by atoms with van der Waals surface area (Å²) in [6.45, 7) is 7.19. The normalized spacial score (nSPS) is 13.3. The van der Waals surface area contributed by atoms with Crippen LogP contribution < -0.4 is 11.1 Å². The highest BCUT2D eigenvalue weighted by atomic mass is 35.5. The van der Waals surface area contributed by atoms with Crippen LogP contribution >= 0.6 is 11.6 Å². The molecule has 0 saturated heterocycles. The maximum Gasteiger partial charge on any atom is 0.248 e. The summed E-state index contributed by atoms with van der Waals surface area (Å²) < 4.78 is 1.79. The van der Waals surface area contributed by atoms with Crippen molar-refractivity contribution in [3.63, 3.8) is 0 Å². The van der Waals surface area contributed by atoms with Crippen LogP contribution in [0.4, 0.5) is 5.69 Å². The summed E-state index contributed by atoms with van der Waals surface area (Å²) in [6, 6.07) is 16.4. The second-order valence-corrected chi connectivity index (χ2v) is 8.87. The minimum atomic E-state index is -1.22. The highest BCUT2D eigenvalue weighted by molar-refractivity contribution is 6.30. The average Bonchev–Trinajstić information content (AvgIpc) is 3.29. The number of carbonyl (C=O) groups excluding carboxylic acids is 1. The van der Waals surface area contributed by atoms with E-state index in [1.807, 2.05) is 56.7 Å². The first-order valence-corrected chi connectivity index (χ1v) is 11.3. The monoisotopic (exact) mass is 487 g/mol. The molecule has 0 aliphatic carbocycles. The zero-order valence-electron chi connectivity index (χ0n) is 19.7. The molecule has 0 spiro atoms. The van der Waals surface area contributed by atoms with Gasteiger partial charge < -0.3 is 11.1 Å². The average molecular weight is 488 g/mol. The molecule has 0 bridgehead atoms. The van der Waals surface area contributed by atoms with Crippen LogP contribution in [0.5, 0.6) is 0 Å². The molecule has 1 atom stereocenters. The Morgan fingerprint density at radius 1 is 1.23 bits per heavy atom. The van der Waals surface area contributed by atoms with Crippen molar-refractivity contribution in [2.75, 3.05) is 12.4 Å². The van der Waals surface area contributed by atoms with E-state index in [0.717, 1.165) is 27.9 Å². The van der Waals surface area contributed by atoms with E-state index in [4.69, 9.17) is 17.3 Å². The van der Waals surface area contributed by atoms with E-state index in [1.165, 1.54) is 6.33 Å². The van der Waals surface area contributed by atoms with E-state index in [0.29, 0.717) is 16.3 Å². The lowest BCUT2D eigenvalue weighted by Gasteiger charge is -2.24. The second kappa shape index (κ2) is 9.69. The zero-order valence-corrected chi connectivity index (χ0v) is 20.5. The number of hydrogen-bond acceptors (Lipinski definition) is 6. The zero-order chi connectivity index (χ0) is 25.2. The third kappa shape index (κ3) is 5.08. The molecule has 178 valence electrons. The summed E-state index contributed by atoms with van der Waals surface area (Å²) in [5.74, 6) is -0.325. The number of halogens is 1. The van der Waals surface area contributed by atoms with Crippen LogP contribution in [0.1, 0.15) is 25.0 Å². The predicted octanol–water partition coefficient (Wildman–Crippen LogP) is 4.77. The molecular formula is C26H26ClN7O. The molecule has 0 fully saturated rings. The highest BCUT2D eigenvalue weighted by Crippen LogP contribution is 2.28. The number of amides is 1. The van der Waals surface area contributed by atoms with Gasteiger partial charge in [0.2, 0.25) is 5.91 Å². The number of benzene rings is 2. The molecule has 3 N–H and O–H groups in total. The highest BCUT2D eigenvalue weighted by Gasteiger charge is 2.30. The lowest BCUT2D eigenvalue weighted by atomic mass is 9.92. The van der Waals surface area contributed by atoms with Gasteiger partial charge >= 0.3 is 0 Å². The Bertz CT molecular complexity index is 1410. The molecule has 2 aromatic carbocycles. The van der Waals surface area contributed by atoms with Crippen LogP contribution in [-0.4, -0.2) is 39.3 Å². The molecule has 9 heteroatoms. The van der Waals surface area contributed by atoms with Gasteiger partial charge in [-0.2, -0.15) is 10.2 Å². The number of fused-ring (bicyclic) bond motifs is 1. The van der Waals surface area contributed by atoms with Crippen LogP contribution in [-0.2, 0) is 10.3 Å². The molecule has 0 aliphatic rings. The smallest absolute Gasteiger partial charge is 0.248 e. The number of allylic oxidation sites excluding steroid dienone is 1. The fourth-order valence-corrected chi connectivity index (χ4v) is 3.79. The van der Waals surface area contributed by atoms with E-state index in [9.17, 15) is 4.79 Å². The number of rotatable bonds is 7. The number of carbonyl (C=O) groups is 1. The fraction of sp³-hybridized carbons (Fsp3) is 0.154. The number of hydrogen-bond donors (Lipinski definition) is 2. The van der Waals surface area contributed by atoms with Crippen LogP contribution in [0.25, 0.3) is 22.3 Å². The molecule has 1 unspecified atom stereocenters. The number of aromatic nitrogens is 3. The lowest BCUT2D eigenvalue weighted by molar-refractivity contribution is -0.120. The number of nitrogens with one attached hydrogen (secondary N) is 1. The summed E-state index contributed by atoms with van der Waals surface area (Å²) >= 11 is 5.95. The molecule has 0 saturated carbocycles. The Kier molecular flexibility index (Phi) is 6.68. The van der Waals surface area contributed by atoms with Gasteiger partial charge in [-0.1, -0.05) is 35.9 Å². The van der Waals surface area contributed by atoms with Crippen LogP contribution in [0.3, 0.4) is 0 Å². The minimum absolute atomic E-state index is 0.325. The molecule has 1 amide bonds. The molecule has 0 radical (unpaired) electrons. The fourth-order valence-electron chi connectivity index (χ4n) is 3.66. The molecule has 2 heterocycles. The lowest BCUT2D eigenvalue weighted by Crippen LogP contribution is -2.45. The molecule has 2 aromatic heterocycles. The largest absolute Gasteiger partial charge is 0.324 e. The number of hydrazone groups is 1. The van der Waals surface area contributed by atoms with Crippen molar-refractivity contribution in [1.82, 2.24) is 19.6 Å². The maximum absolute atomic E-state index is 12.9. The first kappa shape index (κ1) is 24.1. The maximum atomic E-state index is 12.9. The van der Waals surface area contributed by atoms with Crippen LogP contribution in [0.15, 0.2) is 78.4 Å². The van der Waals surface area contributed by atoms with E-state index in [-0.39, 0.29) is 5.91 Å². The van der Waals surface area contributed by atoms with Gasteiger partial charge in [-0.15, -0.1) is 0 Å². The van der Waals surface area contributed by atoms with Crippen molar-refractivity contribution in [1.29, 1.82) is 0 Å². The predicted molar refractivity (Wildman–Crippen MR) is 141 cm³/mol. The molecule has 8 nitrogen and oxygen atoms in total. The van der Waals surface area contributed by atoms with Crippen molar-refractivity contribution in [3.8, 4) is 11.3 Å². The number of nitrogens with two attached hydrogens (primary N) is 1. The van der Waals surface area contributed by atoms with Gasteiger partial charge in [-0.25, -0.2) is 9.50 Å². The SMILES string of the molecule is C=NN(C)/C=C(\C)c1cc2c(-c3ccc(NC(=O)C(C)(N)c4ccc(Cl)cc4)cc3)ncnn2c1. The topological polar surface area (TPSA) is 101 Å². The molecular weight excluding hydrogens is 462 g/mol. The second-order valence-electron chi connectivity index (χ2n) is 8.44. The van der Waals surface area contributed by atoms with Crippen molar-refractivity contribution in [3.05, 3.63) is 89.5 Å². The van der Waals surface area contributed by atoms with Crippen molar-refractivity contribution in [2.24, 2.45) is 10.8 Å². The Morgan fingerprint density at radius 2 is 1.91 bits per heavy atom. The molecule has 4 aromatic rings. The van der Waals surface area contributed by atoms with Gasteiger partial charge in [0.05, 0.1) is 11.2 Å².